The molecule has 3 saturated heterocycles. The molecule has 4 amide bonds. The zero-order valence-electron chi connectivity index (χ0n) is 35.8. The molecule has 3 aliphatic heterocycles. The quantitative estimate of drug-likeness (QED) is 0.0781. The normalized spacial score (nSPS) is 19.7. The van der Waals surface area contributed by atoms with Crippen molar-refractivity contribution < 1.29 is 33.4 Å². The Kier molecular flexibility index (Phi) is 20.5. The molecule has 3 heterocycles. The summed E-state index contributed by atoms with van der Waals surface area (Å²) in [5.74, 6) is -0.449. The molecule has 4 aromatic rings. The molecule has 3 fully saturated rings. The molecular formula is C50H68N4O7Si. The number of amides is 4. The molecular weight excluding hydrogens is 797 g/mol. The number of likely N-dealkylation sites (tertiary alicyclic amines) is 1. The molecule has 0 radical (unpaired) electrons. The fraction of sp³-hybridized carbons (Fsp3) is 0.400. The smallest absolute Gasteiger partial charge is 0.417 e. The number of imide groups is 2. The maximum atomic E-state index is 13.2. The molecule has 4 aromatic carbocycles. The van der Waals surface area contributed by atoms with Crippen molar-refractivity contribution >= 4 is 32.1 Å². The van der Waals surface area contributed by atoms with Crippen LogP contribution >= 0.6 is 0 Å². The average molecular weight is 865 g/mol. The van der Waals surface area contributed by atoms with Crippen molar-refractivity contribution in [1.29, 1.82) is 0 Å². The van der Waals surface area contributed by atoms with Gasteiger partial charge in [0, 0.05) is 33.3 Å². The number of methoxy groups -OCH3 is 1. The molecule has 12 heteroatoms. The molecule has 0 saturated carbocycles. The summed E-state index contributed by atoms with van der Waals surface area (Å²) in [6.07, 6.45) is 3.04. The van der Waals surface area contributed by atoms with E-state index in [9.17, 15) is 19.2 Å². The second-order valence-corrected chi connectivity index (χ2v) is 22.1. The summed E-state index contributed by atoms with van der Waals surface area (Å²) < 4.78 is 15.4. The first kappa shape index (κ1) is 51.0. The summed E-state index contributed by atoms with van der Waals surface area (Å²) in [7, 11) is 0.701. The standard InChI is InChI=1S/C22H24N2O3.C13H13NO3.C13H23NOSi.2CH4/c1-16-12-23(13-17-8-4-2-5-9-17)14-19(16)21(25)24-20(15-27-22(24)26)18-10-6-3-7-11-18;1-2-6-12(15)14-11(9-17-13(14)16)10-7-4-3-5-8-10;1-15-11-14(12-16(2,3)4)10-13-8-6-5-7-9-13;;/h2-11,16,19-20H,12-15H2,1H3;2-8,11H,9H2,1H3;5-9H,10-12H2,1-4H3;2*1H4/b;6-2+;;;/t16-,19-,20+;11-;;;/m10.../s1. The highest BCUT2D eigenvalue weighted by atomic mass is 28.3. The number of ether oxygens (including phenoxy) is 3. The maximum absolute atomic E-state index is 13.2. The topological polar surface area (TPSA) is 109 Å². The predicted octanol–water partition coefficient (Wildman–Crippen LogP) is 10.00. The van der Waals surface area contributed by atoms with Gasteiger partial charge in [0.15, 0.2) is 0 Å². The van der Waals surface area contributed by atoms with Gasteiger partial charge >= 0.3 is 12.2 Å². The molecule has 4 atom stereocenters. The summed E-state index contributed by atoms with van der Waals surface area (Å²) >= 11 is 0. The van der Waals surface area contributed by atoms with Crippen LogP contribution in [0.3, 0.4) is 0 Å². The Balaban J connectivity index is 0.000000257. The molecule has 0 aliphatic carbocycles. The number of rotatable bonds is 12. The Hall–Kier alpha value is -5.40. The van der Waals surface area contributed by atoms with E-state index in [1.807, 2.05) is 78.9 Å². The van der Waals surface area contributed by atoms with E-state index in [2.05, 4.69) is 78.8 Å². The lowest BCUT2D eigenvalue weighted by molar-refractivity contribution is -0.134. The molecule has 3 aliphatic rings. The molecule has 11 nitrogen and oxygen atoms in total. The first-order valence-corrected chi connectivity index (χ1v) is 24.3. The molecule has 0 N–H and O–H groups in total. The van der Waals surface area contributed by atoms with Gasteiger partial charge < -0.3 is 14.2 Å². The van der Waals surface area contributed by atoms with Crippen molar-refractivity contribution in [3.05, 3.63) is 156 Å². The summed E-state index contributed by atoms with van der Waals surface area (Å²) in [4.78, 5) is 56.0. The number of carbonyl (C=O) groups excluding carboxylic acids is 4. The minimum absolute atomic E-state index is 0. The maximum Gasteiger partial charge on any atom is 0.417 e. The second-order valence-electron chi connectivity index (χ2n) is 16.6. The van der Waals surface area contributed by atoms with Crippen LogP contribution in [0, 0.1) is 11.8 Å². The van der Waals surface area contributed by atoms with Crippen molar-refractivity contribution in [1.82, 2.24) is 19.6 Å². The van der Waals surface area contributed by atoms with Gasteiger partial charge in [-0.25, -0.2) is 19.4 Å². The number of carbonyl (C=O) groups is 4. The van der Waals surface area contributed by atoms with Gasteiger partial charge in [-0.1, -0.05) is 169 Å². The second kappa shape index (κ2) is 24.9. The zero-order valence-corrected chi connectivity index (χ0v) is 36.8. The number of benzene rings is 4. The highest BCUT2D eigenvalue weighted by molar-refractivity contribution is 6.76. The highest BCUT2D eigenvalue weighted by Crippen LogP contribution is 2.34. The van der Waals surface area contributed by atoms with Crippen molar-refractivity contribution in [2.45, 2.75) is 73.5 Å². The lowest BCUT2D eigenvalue weighted by Gasteiger charge is -2.28. The van der Waals surface area contributed by atoms with E-state index in [0.717, 1.165) is 42.4 Å². The molecule has 0 spiro atoms. The Morgan fingerprint density at radius 1 is 0.726 bits per heavy atom. The Labute approximate surface area is 371 Å². The number of hydrogen-bond acceptors (Lipinski definition) is 9. The summed E-state index contributed by atoms with van der Waals surface area (Å²) in [6.45, 7) is 15.5. The van der Waals surface area contributed by atoms with Crippen LogP contribution in [0.1, 0.15) is 63.0 Å². The lowest BCUT2D eigenvalue weighted by atomic mass is 9.95. The van der Waals surface area contributed by atoms with E-state index in [0.29, 0.717) is 6.54 Å². The number of nitrogens with zero attached hydrogens (tertiary/aromatic N) is 4. The van der Waals surface area contributed by atoms with Gasteiger partial charge in [0.05, 0.1) is 20.7 Å². The van der Waals surface area contributed by atoms with Crippen LogP contribution in [0.5, 0.6) is 0 Å². The summed E-state index contributed by atoms with van der Waals surface area (Å²) in [5.41, 5.74) is 4.43. The van der Waals surface area contributed by atoms with E-state index in [-0.39, 0.29) is 63.8 Å². The van der Waals surface area contributed by atoms with Gasteiger partial charge in [-0.2, -0.15) is 0 Å². The average Bonchev–Trinajstić information content (AvgIpc) is 3.94. The van der Waals surface area contributed by atoms with Gasteiger partial charge in [0.1, 0.15) is 25.3 Å². The third-order valence-corrected chi connectivity index (χ3v) is 11.8. The first-order chi connectivity index (χ1) is 28.9. The Morgan fingerprint density at radius 3 is 1.68 bits per heavy atom. The van der Waals surface area contributed by atoms with Gasteiger partial charge in [-0.05, 0) is 47.3 Å². The minimum Gasteiger partial charge on any atom is -0.446 e. The van der Waals surface area contributed by atoms with Crippen LogP contribution < -0.4 is 0 Å². The van der Waals surface area contributed by atoms with Crippen molar-refractivity contribution in [3.8, 4) is 0 Å². The van der Waals surface area contributed by atoms with Gasteiger partial charge in [-0.15, -0.1) is 0 Å². The van der Waals surface area contributed by atoms with Crippen molar-refractivity contribution in [3.63, 3.8) is 0 Å². The van der Waals surface area contributed by atoms with E-state index < -0.39 is 20.3 Å². The number of allylic oxidation sites excluding steroid dienone is 1. The van der Waals surface area contributed by atoms with Crippen LogP contribution in [0.15, 0.2) is 133 Å². The SMILES string of the molecule is C.C.C/C=C/C(=O)N1C(=O)OC[C@H]1c1ccccc1.COCN(Cc1ccccc1)C[Si](C)(C)C.C[C@@H]1CN(Cc2ccccc2)C[C@H]1C(=O)N1C(=O)OC[C@H]1c1ccccc1. The lowest BCUT2D eigenvalue weighted by Crippen LogP contribution is -2.41. The number of hydrogen-bond donors (Lipinski definition) is 0. The van der Waals surface area contributed by atoms with E-state index in [4.69, 9.17) is 14.2 Å². The van der Waals surface area contributed by atoms with Crippen LogP contribution in [-0.2, 0) is 36.9 Å². The van der Waals surface area contributed by atoms with E-state index >= 15 is 0 Å². The van der Waals surface area contributed by atoms with Gasteiger partial charge in [0.25, 0.3) is 5.91 Å². The van der Waals surface area contributed by atoms with Crippen LogP contribution in [0.4, 0.5) is 9.59 Å². The van der Waals surface area contributed by atoms with E-state index in [1.165, 1.54) is 28.3 Å². The molecule has 334 valence electrons. The molecule has 0 bridgehead atoms. The molecule has 62 heavy (non-hydrogen) atoms. The highest BCUT2D eigenvalue weighted by Gasteiger charge is 2.45. The van der Waals surface area contributed by atoms with Gasteiger partial charge in [0.2, 0.25) is 5.91 Å². The Morgan fingerprint density at radius 2 is 1.19 bits per heavy atom. The van der Waals surface area contributed by atoms with Crippen LogP contribution in [-0.4, -0.2) is 98.0 Å². The molecule has 0 aromatic heterocycles. The fourth-order valence-corrected chi connectivity index (χ4v) is 9.32. The monoisotopic (exact) mass is 864 g/mol. The zero-order chi connectivity index (χ0) is 43.1. The summed E-state index contributed by atoms with van der Waals surface area (Å²) in [5, 5.41) is 0. The van der Waals surface area contributed by atoms with Crippen LogP contribution in [0.2, 0.25) is 19.6 Å². The van der Waals surface area contributed by atoms with Crippen LogP contribution in [0.25, 0.3) is 0 Å². The number of cyclic esters (lactones) is 2. The van der Waals surface area contributed by atoms with Gasteiger partial charge in [-0.3, -0.25) is 19.4 Å². The third-order valence-electron chi connectivity index (χ3n) is 10.4. The largest absolute Gasteiger partial charge is 0.446 e. The predicted molar refractivity (Wildman–Crippen MR) is 249 cm³/mol. The third kappa shape index (κ3) is 14.6. The van der Waals surface area contributed by atoms with Crippen molar-refractivity contribution in [2.24, 2.45) is 11.8 Å². The Bertz CT molecular complexity index is 2000. The van der Waals surface area contributed by atoms with E-state index in [1.54, 1.807) is 20.1 Å². The van der Waals surface area contributed by atoms with Crippen molar-refractivity contribution in [2.75, 3.05) is 46.3 Å². The molecule has 7 rings (SSSR count). The molecule has 0 unspecified atom stereocenters. The fourth-order valence-electron chi connectivity index (χ4n) is 7.77. The minimum atomic E-state index is -1.07. The first-order valence-electron chi connectivity index (χ1n) is 20.6. The summed E-state index contributed by atoms with van der Waals surface area (Å²) in [6, 6.07) is 39.2.